The largest absolute Gasteiger partial charge is 0.491 e. The maximum Gasteiger partial charge on any atom is 0.333 e. The van der Waals surface area contributed by atoms with Crippen molar-refractivity contribution in [3.05, 3.63) is 53.6 Å². The number of rotatable bonds is 12. The SMILES string of the molecule is CCCCOCCOc1ccc(-c2ccc(N3CCCCC3)c(C=C(C)C(=O)OCC)c2)cc1. The fourth-order valence-corrected chi connectivity index (χ4v) is 4.12. The van der Waals surface area contributed by atoms with E-state index >= 15 is 0 Å². The van der Waals surface area contributed by atoms with Crippen LogP contribution in [-0.4, -0.2) is 45.5 Å². The van der Waals surface area contributed by atoms with Gasteiger partial charge in [-0.05, 0) is 86.6 Å². The number of piperidine rings is 1. The van der Waals surface area contributed by atoms with Crippen LogP contribution in [0.15, 0.2) is 48.0 Å². The summed E-state index contributed by atoms with van der Waals surface area (Å²) in [6.45, 7) is 10.2. The first-order chi connectivity index (χ1) is 16.6. The van der Waals surface area contributed by atoms with Crippen molar-refractivity contribution in [2.45, 2.75) is 52.9 Å². The lowest BCUT2D eigenvalue weighted by Crippen LogP contribution is -2.29. The van der Waals surface area contributed by atoms with Crippen LogP contribution in [0.4, 0.5) is 5.69 Å². The van der Waals surface area contributed by atoms with E-state index in [0.717, 1.165) is 55.0 Å². The number of carbonyl (C=O) groups is 1. The molecule has 0 unspecified atom stereocenters. The molecule has 0 aliphatic carbocycles. The molecule has 5 heteroatoms. The Morgan fingerprint density at radius 1 is 0.941 bits per heavy atom. The van der Waals surface area contributed by atoms with E-state index in [4.69, 9.17) is 14.2 Å². The highest BCUT2D eigenvalue weighted by Gasteiger charge is 2.16. The van der Waals surface area contributed by atoms with Crippen molar-refractivity contribution < 1.29 is 19.0 Å². The number of esters is 1. The molecular formula is C29H39NO4. The minimum absolute atomic E-state index is 0.266. The van der Waals surface area contributed by atoms with Crippen molar-refractivity contribution in [2.75, 3.05) is 44.4 Å². The van der Waals surface area contributed by atoms with Crippen LogP contribution < -0.4 is 9.64 Å². The summed E-state index contributed by atoms with van der Waals surface area (Å²) in [5.74, 6) is 0.573. The average molecular weight is 466 g/mol. The molecule has 0 saturated carbocycles. The molecule has 0 atom stereocenters. The summed E-state index contributed by atoms with van der Waals surface area (Å²) in [6.07, 6.45) is 7.87. The van der Waals surface area contributed by atoms with Gasteiger partial charge in [0.25, 0.3) is 0 Å². The first-order valence-corrected chi connectivity index (χ1v) is 12.7. The number of nitrogens with zero attached hydrogens (tertiary/aromatic N) is 1. The molecule has 0 N–H and O–H groups in total. The number of carbonyl (C=O) groups excluding carboxylic acids is 1. The summed E-state index contributed by atoms with van der Waals surface area (Å²) < 4.78 is 16.6. The van der Waals surface area contributed by atoms with E-state index in [1.165, 1.54) is 24.9 Å². The van der Waals surface area contributed by atoms with Crippen LogP contribution in [0.2, 0.25) is 0 Å². The number of hydrogen-bond acceptors (Lipinski definition) is 5. The van der Waals surface area contributed by atoms with E-state index < -0.39 is 0 Å². The highest BCUT2D eigenvalue weighted by Crippen LogP contribution is 2.32. The lowest BCUT2D eigenvalue weighted by atomic mass is 9.98. The van der Waals surface area contributed by atoms with E-state index in [0.29, 0.717) is 25.4 Å². The molecule has 0 bridgehead atoms. The smallest absolute Gasteiger partial charge is 0.333 e. The lowest BCUT2D eigenvalue weighted by Gasteiger charge is -2.30. The molecule has 0 amide bonds. The Morgan fingerprint density at radius 2 is 1.68 bits per heavy atom. The molecule has 184 valence electrons. The average Bonchev–Trinajstić information content (AvgIpc) is 2.87. The molecule has 0 spiro atoms. The monoisotopic (exact) mass is 465 g/mol. The van der Waals surface area contributed by atoms with E-state index in [9.17, 15) is 4.79 Å². The molecule has 1 fully saturated rings. The van der Waals surface area contributed by atoms with Crippen LogP contribution >= 0.6 is 0 Å². The van der Waals surface area contributed by atoms with Gasteiger partial charge in [-0.25, -0.2) is 4.79 Å². The molecule has 1 heterocycles. The first-order valence-electron chi connectivity index (χ1n) is 12.7. The Kier molecular flexibility index (Phi) is 10.5. The van der Waals surface area contributed by atoms with E-state index in [1.54, 1.807) is 0 Å². The van der Waals surface area contributed by atoms with Crippen molar-refractivity contribution in [3.63, 3.8) is 0 Å². The van der Waals surface area contributed by atoms with Gasteiger partial charge in [-0.2, -0.15) is 0 Å². The number of unbranched alkanes of at least 4 members (excludes halogenated alkanes) is 1. The van der Waals surface area contributed by atoms with Crippen LogP contribution in [0.25, 0.3) is 17.2 Å². The Hall–Kier alpha value is -2.79. The fraction of sp³-hybridized carbons (Fsp3) is 0.483. The highest BCUT2D eigenvalue weighted by molar-refractivity contribution is 5.94. The summed E-state index contributed by atoms with van der Waals surface area (Å²) in [7, 11) is 0. The van der Waals surface area contributed by atoms with Gasteiger partial charge in [-0.3, -0.25) is 0 Å². The minimum atomic E-state index is -0.266. The Bertz CT molecular complexity index is 930. The molecular weight excluding hydrogens is 426 g/mol. The quantitative estimate of drug-likeness (QED) is 0.203. The zero-order chi connectivity index (χ0) is 24.2. The molecule has 1 saturated heterocycles. The Morgan fingerprint density at radius 3 is 2.38 bits per heavy atom. The zero-order valence-corrected chi connectivity index (χ0v) is 21.0. The van der Waals surface area contributed by atoms with Crippen LogP contribution in [0.5, 0.6) is 5.75 Å². The van der Waals surface area contributed by atoms with Crippen LogP contribution in [-0.2, 0) is 14.3 Å². The highest BCUT2D eigenvalue weighted by atomic mass is 16.5. The van der Waals surface area contributed by atoms with Crippen LogP contribution in [0, 0.1) is 0 Å². The molecule has 3 rings (SSSR count). The summed E-state index contributed by atoms with van der Waals surface area (Å²) in [4.78, 5) is 14.7. The second-order valence-corrected chi connectivity index (χ2v) is 8.71. The predicted octanol–water partition coefficient (Wildman–Crippen LogP) is 6.51. The summed E-state index contributed by atoms with van der Waals surface area (Å²) in [5, 5.41) is 0. The van der Waals surface area contributed by atoms with Crippen LogP contribution in [0.3, 0.4) is 0 Å². The third-order valence-corrected chi connectivity index (χ3v) is 6.02. The molecule has 0 radical (unpaired) electrons. The van der Waals surface area contributed by atoms with Crippen molar-refractivity contribution in [3.8, 4) is 16.9 Å². The number of anilines is 1. The molecule has 0 aromatic heterocycles. The lowest BCUT2D eigenvalue weighted by molar-refractivity contribution is -0.138. The second-order valence-electron chi connectivity index (χ2n) is 8.71. The summed E-state index contributed by atoms with van der Waals surface area (Å²) >= 11 is 0. The maximum atomic E-state index is 12.3. The number of benzene rings is 2. The number of hydrogen-bond donors (Lipinski definition) is 0. The molecule has 5 nitrogen and oxygen atoms in total. The summed E-state index contributed by atoms with van der Waals surface area (Å²) in [6, 6.07) is 14.7. The maximum absolute atomic E-state index is 12.3. The van der Waals surface area contributed by atoms with Gasteiger partial charge in [-0.1, -0.05) is 31.5 Å². The summed E-state index contributed by atoms with van der Waals surface area (Å²) in [5.41, 5.74) is 5.06. The Labute approximate surface area is 204 Å². The van der Waals surface area contributed by atoms with Crippen molar-refractivity contribution in [2.24, 2.45) is 0 Å². The van der Waals surface area contributed by atoms with Gasteiger partial charge < -0.3 is 19.1 Å². The van der Waals surface area contributed by atoms with Crippen LogP contribution in [0.1, 0.15) is 58.4 Å². The molecule has 2 aromatic rings. The van der Waals surface area contributed by atoms with Gasteiger partial charge in [0.05, 0.1) is 13.2 Å². The van der Waals surface area contributed by atoms with Gasteiger partial charge in [0, 0.05) is 31.0 Å². The van der Waals surface area contributed by atoms with Gasteiger partial charge >= 0.3 is 5.97 Å². The van der Waals surface area contributed by atoms with E-state index in [-0.39, 0.29) is 5.97 Å². The van der Waals surface area contributed by atoms with Crippen molar-refractivity contribution in [1.82, 2.24) is 0 Å². The number of ether oxygens (including phenoxy) is 3. The van der Waals surface area contributed by atoms with Gasteiger partial charge in [0.1, 0.15) is 12.4 Å². The molecule has 2 aromatic carbocycles. The zero-order valence-electron chi connectivity index (χ0n) is 21.0. The van der Waals surface area contributed by atoms with Crippen molar-refractivity contribution >= 4 is 17.7 Å². The molecule has 1 aliphatic heterocycles. The minimum Gasteiger partial charge on any atom is -0.491 e. The predicted molar refractivity (Wildman–Crippen MR) is 139 cm³/mol. The normalized spacial score (nSPS) is 14.2. The van der Waals surface area contributed by atoms with E-state index in [2.05, 4.69) is 42.2 Å². The first kappa shape index (κ1) is 25.8. The van der Waals surface area contributed by atoms with Gasteiger partial charge in [0.2, 0.25) is 0 Å². The molecule has 34 heavy (non-hydrogen) atoms. The third-order valence-electron chi connectivity index (χ3n) is 6.02. The Balaban J connectivity index is 1.76. The topological polar surface area (TPSA) is 48.0 Å². The van der Waals surface area contributed by atoms with Gasteiger partial charge in [0.15, 0.2) is 0 Å². The molecule has 1 aliphatic rings. The third kappa shape index (κ3) is 7.63. The van der Waals surface area contributed by atoms with E-state index in [1.807, 2.05) is 32.1 Å². The van der Waals surface area contributed by atoms with Gasteiger partial charge in [-0.15, -0.1) is 0 Å². The second kappa shape index (κ2) is 13.8. The van der Waals surface area contributed by atoms with Crippen molar-refractivity contribution in [1.29, 1.82) is 0 Å². The fourth-order valence-electron chi connectivity index (χ4n) is 4.12. The standard InChI is InChI=1S/C29H39NO4/c1-4-6-18-32-19-20-34-27-13-10-24(11-14-27)25-12-15-28(30-16-8-7-9-17-30)26(22-25)21-23(3)29(31)33-5-2/h10-15,21-22H,4-9,16-20H2,1-3H3.